The second-order valence-electron chi connectivity index (χ2n) is 7.98. The minimum atomic E-state index is -0.557. The predicted molar refractivity (Wildman–Crippen MR) is 138 cm³/mol. The van der Waals surface area contributed by atoms with E-state index in [9.17, 15) is 14.4 Å². The summed E-state index contributed by atoms with van der Waals surface area (Å²) in [5.41, 5.74) is 1.54. The monoisotopic (exact) mass is 496 g/mol. The van der Waals surface area contributed by atoms with Crippen molar-refractivity contribution in [1.29, 1.82) is 0 Å². The molecule has 184 valence electrons. The summed E-state index contributed by atoms with van der Waals surface area (Å²) in [6.07, 6.45) is 1.67. The Morgan fingerprint density at radius 2 is 1.80 bits per heavy atom. The predicted octanol–water partition coefficient (Wildman–Crippen LogP) is 3.66. The van der Waals surface area contributed by atoms with Gasteiger partial charge >= 0.3 is 6.03 Å². The number of hydrogen-bond acceptors (Lipinski definition) is 7. The topological polar surface area (TPSA) is 109 Å². The van der Waals surface area contributed by atoms with Gasteiger partial charge in [0.1, 0.15) is 17.2 Å². The molecule has 0 aliphatic carbocycles. The molecule has 0 saturated heterocycles. The SMILES string of the molecule is COc1ccc(/C=C2\N=C(SCC(=O)NC(=O)NCC(C)C)N(c3cccc(OC)c3)C2=O)cc1. The number of carbonyl (C=O) groups excluding carboxylic acids is 3. The lowest BCUT2D eigenvalue weighted by Gasteiger charge is -2.18. The number of hydrogen-bond donors (Lipinski definition) is 2. The molecular weight excluding hydrogens is 468 g/mol. The van der Waals surface area contributed by atoms with Gasteiger partial charge in [0.2, 0.25) is 5.91 Å². The van der Waals surface area contributed by atoms with E-state index in [1.807, 2.05) is 26.0 Å². The van der Waals surface area contributed by atoms with Gasteiger partial charge in [-0.05, 0) is 41.8 Å². The van der Waals surface area contributed by atoms with Crippen molar-refractivity contribution in [2.24, 2.45) is 10.9 Å². The van der Waals surface area contributed by atoms with Crippen LogP contribution in [-0.4, -0.2) is 49.5 Å². The normalized spacial score (nSPS) is 14.2. The van der Waals surface area contributed by atoms with Crippen LogP contribution in [0.25, 0.3) is 6.08 Å². The van der Waals surface area contributed by atoms with Crippen molar-refractivity contribution in [3.05, 3.63) is 59.8 Å². The van der Waals surface area contributed by atoms with Crippen molar-refractivity contribution >= 4 is 46.5 Å². The minimum absolute atomic E-state index is 0.0997. The van der Waals surface area contributed by atoms with E-state index < -0.39 is 11.9 Å². The lowest BCUT2D eigenvalue weighted by atomic mass is 10.2. The Morgan fingerprint density at radius 1 is 1.09 bits per heavy atom. The van der Waals surface area contributed by atoms with E-state index in [2.05, 4.69) is 15.6 Å². The quantitative estimate of drug-likeness (QED) is 0.540. The summed E-state index contributed by atoms with van der Waals surface area (Å²) in [6.45, 7) is 4.37. The third-order valence-electron chi connectivity index (χ3n) is 4.82. The zero-order chi connectivity index (χ0) is 25.4. The molecule has 0 saturated carbocycles. The molecule has 2 aromatic carbocycles. The number of benzene rings is 2. The summed E-state index contributed by atoms with van der Waals surface area (Å²) in [7, 11) is 3.12. The van der Waals surface area contributed by atoms with E-state index >= 15 is 0 Å². The van der Waals surface area contributed by atoms with Gasteiger partial charge in [0.05, 0.1) is 25.7 Å². The molecule has 1 heterocycles. The van der Waals surface area contributed by atoms with Gasteiger partial charge in [-0.2, -0.15) is 0 Å². The number of ether oxygens (including phenoxy) is 2. The van der Waals surface area contributed by atoms with Crippen LogP contribution in [-0.2, 0) is 9.59 Å². The zero-order valence-electron chi connectivity index (χ0n) is 20.0. The molecule has 0 spiro atoms. The van der Waals surface area contributed by atoms with Crippen molar-refractivity contribution in [2.45, 2.75) is 13.8 Å². The summed E-state index contributed by atoms with van der Waals surface area (Å²) in [5.74, 6) is 0.600. The Kier molecular flexibility index (Phi) is 8.91. The fourth-order valence-corrected chi connectivity index (χ4v) is 3.87. The smallest absolute Gasteiger partial charge is 0.321 e. The lowest BCUT2D eigenvalue weighted by molar-refractivity contribution is -0.117. The molecule has 1 aliphatic heterocycles. The van der Waals surface area contributed by atoms with Gasteiger partial charge in [-0.25, -0.2) is 9.79 Å². The van der Waals surface area contributed by atoms with E-state index in [1.54, 1.807) is 56.7 Å². The number of rotatable bonds is 8. The molecule has 10 heteroatoms. The molecule has 3 rings (SSSR count). The van der Waals surface area contributed by atoms with Gasteiger partial charge in [0.25, 0.3) is 5.91 Å². The number of amidine groups is 1. The number of imide groups is 1. The Balaban J connectivity index is 1.81. The van der Waals surface area contributed by atoms with Gasteiger partial charge in [-0.1, -0.05) is 43.8 Å². The van der Waals surface area contributed by atoms with E-state index in [-0.39, 0.29) is 23.3 Å². The molecule has 0 radical (unpaired) electrons. The summed E-state index contributed by atoms with van der Waals surface area (Å²) in [6, 6.07) is 13.7. The first kappa shape index (κ1) is 25.8. The summed E-state index contributed by atoms with van der Waals surface area (Å²) < 4.78 is 10.5. The fraction of sp³-hybridized carbons (Fsp3) is 0.280. The van der Waals surface area contributed by atoms with Crippen LogP contribution in [0.2, 0.25) is 0 Å². The highest BCUT2D eigenvalue weighted by atomic mass is 32.2. The highest BCUT2D eigenvalue weighted by Crippen LogP contribution is 2.31. The van der Waals surface area contributed by atoms with Gasteiger partial charge < -0.3 is 14.8 Å². The van der Waals surface area contributed by atoms with E-state index in [4.69, 9.17) is 9.47 Å². The first-order chi connectivity index (χ1) is 16.8. The van der Waals surface area contributed by atoms with Crippen LogP contribution in [0.1, 0.15) is 19.4 Å². The molecule has 0 bridgehead atoms. The average Bonchev–Trinajstić information content (AvgIpc) is 3.16. The third-order valence-corrected chi connectivity index (χ3v) is 5.76. The molecule has 2 N–H and O–H groups in total. The van der Waals surface area contributed by atoms with E-state index in [1.165, 1.54) is 4.90 Å². The number of anilines is 1. The number of nitrogens with zero attached hydrogens (tertiary/aromatic N) is 2. The van der Waals surface area contributed by atoms with E-state index in [0.29, 0.717) is 28.9 Å². The molecule has 0 fully saturated rings. The molecule has 2 aromatic rings. The van der Waals surface area contributed by atoms with Crippen LogP contribution in [0.15, 0.2) is 59.2 Å². The Labute approximate surface area is 208 Å². The van der Waals surface area contributed by atoms with E-state index in [0.717, 1.165) is 17.3 Å². The van der Waals surface area contributed by atoms with Crippen LogP contribution in [0.3, 0.4) is 0 Å². The number of aliphatic imine (C=N–C) groups is 1. The largest absolute Gasteiger partial charge is 0.497 e. The maximum absolute atomic E-state index is 13.3. The number of thioether (sulfide) groups is 1. The zero-order valence-corrected chi connectivity index (χ0v) is 20.8. The third kappa shape index (κ3) is 7.10. The van der Waals surface area contributed by atoms with Crippen LogP contribution in [0, 0.1) is 5.92 Å². The second-order valence-corrected chi connectivity index (χ2v) is 8.92. The fourth-order valence-electron chi connectivity index (χ4n) is 3.06. The average molecular weight is 497 g/mol. The Bertz CT molecular complexity index is 1140. The molecule has 35 heavy (non-hydrogen) atoms. The van der Waals surface area contributed by atoms with Crippen LogP contribution < -0.4 is 25.0 Å². The molecular formula is C25H28N4O5S. The van der Waals surface area contributed by atoms with Gasteiger partial charge in [0, 0.05) is 12.6 Å². The first-order valence-electron chi connectivity index (χ1n) is 10.9. The summed E-state index contributed by atoms with van der Waals surface area (Å²) >= 11 is 1.06. The van der Waals surface area contributed by atoms with Crippen LogP contribution in [0.4, 0.5) is 10.5 Å². The van der Waals surface area contributed by atoms with Crippen molar-refractivity contribution in [3.8, 4) is 11.5 Å². The van der Waals surface area contributed by atoms with Crippen molar-refractivity contribution in [3.63, 3.8) is 0 Å². The second kappa shape index (κ2) is 12.1. The summed E-state index contributed by atoms with van der Waals surface area (Å²) in [5, 5.41) is 5.24. The molecule has 0 aromatic heterocycles. The molecule has 0 unspecified atom stereocenters. The maximum Gasteiger partial charge on any atom is 0.321 e. The number of amides is 4. The van der Waals surface area contributed by atoms with Crippen molar-refractivity contribution < 1.29 is 23.9 Å². The summed E-state index contributed by atoms with van der Waals surface area (Å²) in [4.78, 5) is 43.4. The standard InChI is InChI=1S/C25H28N4O5S/c1-16(2)14-26-24(32)28-22(30)15-35-25-27-21(12-17-8-10-19(33-3)11-9-17)23(31)29(25)18-6-5-7-20(13-18)34-4/h5-13,16H,14-15H2,1-4H3,(H2,26,28,30,32)/b21-12-. The van der Waals surface area contributed by atoms with Gasteiger partial charge in [-0.15, -0.1) is 0 Å². The number of carbonyl (C=O) groups is 3. The number of urea groups is 1. The number of nitrogens with one attached hydrogen (secondary N) is 2. The molecule has 0 atom stereocenters. The molecule has 9 nitrogen and oxygen atoms in total. The minimum Gasteiger partial charge on any atom is -0.497 e. The number of methoxy groups -OCH3 is 2. The first-order valence-corrected chi connectivity index (χ1v) is 11.9. The lowest BCUT2D eigenvalue weighted by Crippen LogP contribution is -2.42. The van der Waals surface area contributed by atoms with Gasteiger partial charge in [-0.3, -0.25) is 19.8 Å². The van der Waals surface area contributed by atoms with Crippen molar-refractivity contribution in [1.82, 2.24) is 10.6 Å². The Morgan fingerprint density at radius 3 is 2.46 bits per heavy atom. The maximum atomic E-state index is 13.3. The molecule has 1 aliphatic rings. The highest BCUT2D eigenvalue weighted by Gasteiger charge is 2.32. The highest BCUT2D eigenvalue weighted by molar-refractivity contribution is 8.14. The molecule has 4 amide bonds. The van der Waals surface area contributed by atoms with Gasteiger partial charge in [0.15, 0.2) is 5.17 Å². The Hall–Kier alpha value is -3.79. The van der Waals surface area contributed by atoms with Crippen LogP contribution in [0.5, 0.6) is 11.5 Å². The van der Waals surface area contributed by atoms with Crippen LogP contribution >= 0.6 is 11.8 Å². The van der Waals surface area contributed by atoms with Crippen molar-refractivity contribution in [2.75, 3.05) is 31.4 Å².